The number of carbonyl (C=O) groups excluding carboxylic acids is 1. The fourth-order valence-electron chi connectivity index (χ4n) is 2.71. The van der Waals surface area contributed by atoms with Crippen LogP contribution in [0.4, 0.5) is 0 Å². The van der Waals surface area contributed by atoms with E-state index in [0.717, 1.165) is 28.7 Å². The van der Waals surface area contributed by atoms with Crippen molar-refractivity contribution in [2.45, 2.75) is 25.9 Å². The number of thiophene rings is 1. The summed E-state index contributed by atoms with van der Waals surface area (Å²) in [6.07, 6.45) is 1.05. The van der Waals surface area contributed by atoms with Crippen molar-refractivity contribution < 1.29 is 4.79 Å². The topological polar surface area (TPSA) is 49.6 Å². The molecule has 0 radical (unpaired) electrons. The number of likely N-dealkylation sites (N-methyl/N-ethyl adjacent to an activating group) is 1. The Morgan fingerprint density at radius 1 is 1.55 bits per heavy atom. The maximum Gasteiger partial charge on any atom is 0.236 e. The van der Waals surface area contributed by atoms with Crippen molar-refractivity contribution in [1.29, 1.82) is 0 Å². The van der Waals surface area contributed by atoms with Gasteiger partial charge in [-0.05, 0) is 24.5 Å². The average molecular weight is 316 g/mol. The summed E-state index contributed by atoms with van der Waals surface area (Å²) in [5, 5.41) is 0. The molecular weight excluding hydrogens is 294 g/mol. The quantitative estimate of drug-likeness (QED) is 0.925. The molecule has 1 amide bonds. The summed E-state index contributed by atoms with van der Waals surface area (Å²) in [4.78, 5) is 17.3. The van der Waals surface area contributed by atoms with Crippen LogP contribution in [0, 0.1) is 5.92 Å². The molecule has 1 aliphatic rings. The molecule has 1 fully saturated rings. The molecule has 2 unspecified atom stereocenters. The van der Waals surface area contributed by atoms with Crippen LogP contribution in [-0.4, -0.2) is 48.4 Å². The van der Waals surface area contributed by atoms with E-state index in [1.54, 1.807) is 4.90 Å². The number of hydrogen-bond acceptors (Lipinski definition) is 4. The van der Waals surface area contributed by atoms with Crippen LogP contribution in [0.3, 0.4) is 0 Å². The maximum atomic E-state index is 12.3. The summed E-state index contributed by atoms with van der Waals surface area (Å²) in [6, 6.07) is 4.02. The molecule has 2 atom stereocenters. The molecule has 2 N–H and O–H groups in total. The minimum atomic E-state index is 0.135. The van der Waals surface area contributed by atoms with Crippen molar-refractivity contribution in [2.24, 2.45) is 11.7 Å². The summed E-state index contributed by atoms with van der Waals surface area (Å²) < 4.78 is 0.761. The van der Waals surface area contributed by atoms with Crippen LogP contribution in [0.2, 0.25) is 4.34 Å². The lowest BCUT2D eigenvalue weighted by atomic mass is 9.97. The summed E-state index contributed by atoms with van der Waals surface area (Å²) >= 11 is 7.42. The smallest absolute Gasteiger partial charge is 0.236 e. The number of nitrogens with two attached hydrogens (primary N) is 1. The molecule has 2 rings (SSSR count). The van der Waals surface area contributed by atoms with Crippen molar-refractivity contribution in [2.75, 3.05) is 26.7 Å². The van der Waals surface area contributed by atoms with Gasteiger partial charge in [-0.3, -0.25) is 9.69 Å². The second-order valence-electron chi connectivity index (χ2n) is 5.75. The number of rotatable bonds is 4. The van der Waals surface area contributed by atoms with Gasteiger partial charge in [-0.2, -0.15) is 0 Å². The van der Waals surface area contributed by atoms with Crippen LogP contribution < -0.4 is 5.73 Å². The highest BCUT2D eigenvalue weighted by molar-refractivity contribution is 7.16. The molecule has 6 heteroatoms. The third-order valence-electron chi connectivity index (χ3n) is 3.57. The van der Waals surface area contributed by atoms with Gasteiger partial charge >= 0.3 is 0 Å². The summed E-state index contributed by atoms with van der Waals surface area (Å²) in [5.41, 5.74) is 6.01. The molecule has 1 aromatic rings. The van der Waals surface area contributed by atoms with Crippen molar-refractivity contribution in [1.82, 2.24) is 9.80 Å². The molecular formula is C14H22ClN3OS. The van der Waals surface area contributed by atoms with Gasteiger partial charge < -0.3 is 10.6 Å². The number of nitrogens with zero attached hydrogens (tertiary/aromatic N) is 2. The van der Waals surface area contributed by atoms with Gasteiger partial charge in [-0.25, -0.2) is 0 Å². The maximum absolute atomic E-state index is 12.3. The van der Waals surface area contributed by atoms with Crippen molar-refractivity contribution >= 4 is 28.8 Å². The first-order valence-corrected chi connectivity index (χ1v) is 8.09. The van der Waals surface area contributed by atoms with E-state index in [2.05, 4.69) is 11.8 Å². The highest BCUT2D eigenvalue weighted by Gasteiger charge is 2.24. The summed E-state index contributed by atoms with van der Waals surface area (Å²) in [6.45, 7) is 5.03. The van der Waals surface area contributed by atoms with E-state index in [-0.39, 0.29) is 11.9 Å². The van der Waals surface area contributed by atoms with Crippen LogP contribution in [-0.2, 0) is 11.3 Å². The Bertz CT molecular complexity index is 455. The van der Waals surface area contributed by atoms with Crippen molar-refractivity contribution in [3.05, 3.63) is 21.3 Å². The number of halogens is 1. The Morgan fingerprint density at radius 3 is 2.90 bits per heavy atom. The molecule has 112 valence electrons. The largest absolute Gasteiger partial charge is 0.340 e. The van der Waals surface area contributed by atoms with Gasteiger partial charge in [-0.15, -0.1) is 11.3 Å². The first kappa shape index (κ1) is 15.8. The van der Waals surface area contributed by atoms with Crippen LogP contribution in [0.5, 0.6) is 0 Å². The highest BCUT2D eigenvalue weighted by atomic mass is 35.5. The molecule has 1 saturated heterocycles. The van der Waals surface area contributed by atoms with Gasteiger partial charge in [0.05, 0.1) is 17.4 Å². The van der Waals surface area contributed by atoms with Gasteiger partial charge in [0.1, 0.15) is 0 Å². The molecule has 20 heavy (non-hydrogen) atoms. The second kappa shape index (κ2) is 6.89. The predicted molar refractivity (Wildman–Crippen MR) is 84.0 cm³/mol. The van der Waals surface area contributed by atoms with E-state index in [4.69, 9.17) is 17.3 Å². The van der Waals surface area contributed by atoms with Gasteiger partial charge in [0.15, 0.2) is 0 Å². The molecule has 0 saturated carbocycles. The van der Waals surface area contributed by atoms with E-state index in [1.807, 2.05) is 19.2 Å². The zero-order valence-electron chi connectivity index (χ0n) is 12.0. The number of amides is 1. The molecule has 2 heterocycles. The molecule has 0 spiro atoms. The molecule has 0 aromatic carbocycles. The number of carbonyl (C=O) groups is 1. The van der Waals surface area contributed by atoms with Crippen LogP contribution in [0.25, 0.3) is 0 Å². The summed E-state index contributed by atoms with van der Waals surface area (Å²) in [5.74, 6) is 0.698. The minimum Gasteiger partial charge on any atom is -0.340 e. The molecule has 0 bridgehead atoms. The molecule has 4 nitrogen and oxygen atoms in total. The van der Waals surface area contributed by atoms with Crippen molar-refractivity contribution in [3.8, 4) is 0 Å². The van der Waals surface area contributed by atoms with Gasteiger partial charge in [-0.1, -0.05) is 18.5 Å². The summed E-state index contributed by atoms with van der Waals surface area (Å²) in [7, 11) is 1.84. The zero-order chi connectivity index (χ0) is 14.7. The van der Waals surface area contributed by atoms with Gasteiger partial charge in [0.25, 0.3) is 0 Å². The van der Waals surface area contributed by atoms with E-state index in [0.29, 0.717) is 19.0 Å². The van der Waals surface area contributed by atoms with E-state index < -0.39 is 0 Å². The third kappa shape index (κ3) is 4.45. The Morgan fingerprint density at radius 2 is 2.30 bits per heavy atom. The van der Waals surface area contributed by atoms with Crippen LogP contribution in [0.15, 0.2) is 12.1 Å². The van der Waals surface area contributed by atoms with Crippen LogP contribution >= 0.6 is 22.9 Å². The van der Waals surface area contributed by atoms with E-state index in [9.17, 15) is 4.79 Å². The van der Waals surface area contributed by atoms with Crippen molar-refractivity contribution in [3.63, 3.8) is 0 Å². The fraction of sp³-hybridized carbons (Fsp3) is 0.643. The Labute approximate surface area is 129 Å². The van der Waals surface area contributed by atoms with E-state index in [1.165, 1.54) is 11.3 Å². The second-order valence-corrected chi connectivity index (χ2v) is 7.55. The first-order chi connectivity index (χ1) is 9.44. The van der Waals surface area contributed by atoms with Crippen LogP contribution in [0.1, 0.15) is 18.2 Å². The highest BCUT2D eigenvalue weighted by Crippen LogP contribution is 2.22. The lowest BCUT2D eigenvalue weighted by molar-refractivity contribution is -0.132. The third-order valence-corrected chi connectivity index (χ3v) is 4.79. The minimum absolute atomic E-state index is 0.135. The normalized spacial score (nSPS) is 23.8. The molecule has 1 aliphatic heterocycles. The Hall–Kier alpha value is -0.620. The van der Waals surface area contributed by atoms with E-state index >= 15 is 0 Å². The first-order valence-electron chi connectivity index (χ1n) is 6.90. The standard InChI is InChI=1S/C14H22ClN3OS/c1-10-5-11(16)7-18(6-10)9-14(19)17(2)8-12-3-4-13(15)20-12/h3-4,10-11H,5-9,16H2,1-2H3. The Kier molecular flexibility index (Phi) is 5.43. The lowest BCUT2D eigenvalue weighted by Crippen LogP contribution is -2.49. The fourth-order valence-corrected chi connectivity index (χ4v) is 3.85. The predicted octanol–water partition coefficient (Wildman–Crippen LogP) is 2.03. The zero-order valence-corrected chi connectivity index (χ0v) is 13.6. The van der Waals surface area contributed by atoms with Gasteiger partial charge in [0.2, 0.25) is 5.91 Å². The molecule has 1 aromatic heterocycles. The number of piperidine rings is 1. The Balaban J connectivity index is 1.84. The number of likely N-dealkylation sites (tertiary alicyclic amines) is 1. The SMILES string of the molecule is CC1CC(N)CN(CC(=O)N(C)Cc2ccc(Cl)s2)C1. The average Bonchev–Trinajstić information content (AvgIpc) is 2.73. The molecule has 0 aliphatic carbocycles. The number of hydrogen-bond donors (Lipinski definition) is 1. The lowest BCUT2D eigenvalue weighted by Gasteiger charge is -2.35. The monoisotopic (exact) mass is 315 g/mol. The van der Waals surface area contributed by atoms with Gasteiger partial charge in [0, 0.05) is 31.1 Å².